The van der Waals surface area contributed by atoms with Gasteiger partial charge >= 0.3 is 11.7 Å². The van der Waals surface area contributed by atoms with E-state index in [1.165, 1.54) is 24.4 Å². The fourth-order valence-electron chi connectivity index (χ4n) is 1.80. The van der Waals surface area contributed by atoms with Crippen molar-refractivity contribution in [2.75, 3.05) is 5.73 Å². The summed E-state index contributed by atoms with van der Waals surface area (Å²) >= 11 is 6.18. The Labute approximate surface area is 173 Å². The number of nitrogens with two attached hydrogens (primary N) is 3. The number of carbonyl (C=O) groups is 2. The topological polar surface area (TPSA) is 158 Å². The van der Waals surface area contributed by atoms with Crippen molar-refractivity contribution in [3.8, 4) is 0 Å². The highest BCUT2D eigenvalue weighted by Gasteiger charge is 2.05. The number of carbonyl (C=O) groups excluding carboxylic acids is 2. The first-order valence-electron chi connectivity index (χ1n) is 7.13. The molecular weight excluding hydrogens is 508 g/mol. The average Bonchev–Trinajstić information content (AvgIpc) is 2.59. The van der Waals surface area contributed by atoms with E-state index in [0.29, 0.717) is 20.6 Å². The minimum atomic E-state index is -0.833. The van der Waals surface area contributed by atoms with E-state index < -0.39 is 23.4 Å². The van der Waals surface area contributed by atoms with Crippen LogP contribution in [0.25, 0.3) is 10.9 Å². The van der Waals surface area contributed by atoms with Crippen LogP contribution in [-0.2, 0) is 0 Å². The molecule has 2 aromatic carbocycles. The van der Waals surface area contributed by atoms with E-state index in [2.05, 4.69) is 53.3 Å². The van der Waals surface area contributed by atoms with Gasteiger partial charge < -0.3 is 22.2 Å². The summed E-state index contributed by atoms with van der Waals surface area (Å²) in [5.41, 5.74) is 13.4. The maximum atomic E-state index is 13.2. The molecule has 0 atom stereocenters. The molecule has 0 aliphatic rings. The molecule has 0 spiro atoms. The van der Waals surface area contributed by atoms with Crippen molar-refractivity contribution < 1.29 is 18.4 Å². The molecule has 0 aliphatic heterocycles. The van der Waals surface area contributed by atoms with Gasteiger partial charge in [-0.15, -0.1) is 0 Å². The molecule has 12 heteroatoms. The van der Waals surface area contributed by atoms with E-state index >= 15 is 0 Å². The molecule has 0 bridgehead atoms. The largest absolute Gasteiger partial charge is 0.396 e. The van der Waals surface area contributed by atoms with Crippen molar-refractivity contribution in [1.82, 2.24) is 9.97 Å². The van der Waals surface area contributed by atoms with Crippen LogP contribution < -0.4 is 22.9 Å². The Hall–Kier alpha value is -2.86. The van der Waals surface area contributed by atoms with Crippen molar-refractivity contribution in [2.45, 2.75) is 0 Å². The van der Waals surface area contributed by atoms with Crippen LogP contribution in [0.4, 0.5) is 19.3 Å². The van der Waals surface area contributed by atoms with Crippen molar-refractivity contribution >= 4 is 60.8 Å². The van der Waals surface area contributed by atoms with Crippen LogP contribution in [0, 0.1) is 11.6 Å². The molecule has 0 fully saturated rings. The number of nitrogens with zero attached hydrogens (tertiary/aromatic N) is 1. The molecule has 0 unspecified atom stereocenters. The Morgan fingerprint density at radius 2 is 1.61 bits per heavy atom. The summed E-state index contributed by atoms with van der Waals surface area (Å²) in [5, 5.41) is 0.562. The van der Waals surface area contributed by atoms with Crippen molar-refractivity contribution in [2.24, 2.45) is 11.5 Å². The van der Waals surface area contributed by atoms with Crippen molar-refractivity contribution in [1.29, 1.82) is 0 Å². The number of benzene rings is 2. The number of aldehydes is 1. The number of aromatic amines is 1. The number of nitrogens with one attached hydrogen (secondary N) is 1. The van der Waals surface area contributed by atoms with Crippen LogP contribution in [0.5, 0.6) is 0 Å². The van der Waals surface area contributed by atoms with E-state index in [4.69, 9.17) is 10.5 Å². The Morgan fingerprint density at radius 3 is 2.18 bits per heavy atom. The lowest BCUT2D eigenvalue weighted by atomic mass is 10.2. The Bertz CT molecular complexity index is 1070. The fourth-order valence-corrected chi connectivity index (χ4v) is 2.69. The van der Waals surface area contributed by atoms with Gasteiger partial charge in [0.05, 0.1) is 11.2 Å². The highest BCUT2D eigenvalue weighted by Crippen LogP contribution is 2.21. The number of rotatable bonds is 1. The molecular formula is C16H13Br2F2N5O3. The van der Waals surface area contributed by atoms with E-state index in [1.54, 1.807) is 6.07 Å². The maximum Gasteiger partial charge on any atom is 0.345 e. The fraction of sp³-hybridized carbons (Fsp3) is 0. The molecule has 0 radical (unpaired) electrons. The van der Waals surface area contributed by atoms with Gasteiger partial charge in [-0.3, -0.25) is 4.79 Å². The smallest absolute Gasteiger partial charge is 0.345 e. The van der Waals surface area contributed by atoms with Crippen LogP contribution >= 0.6 is 31.9 Å². The second-order valence-electron chi connectivity index (χ2n) is 4.95. The molecule has 3 aromatic rings. The summed E-state index contributed by atoms with van der Waals surface area (Å²) in [7, 11) is 0. The molecule has 1 heterocycles. The molecule has 28 heavy (non-hydrogen) atoms. The summed E-state index contributed by atoms with van der Waals surface area (Å²) < 4.78 is 27.0. The molecule has 0 saturated heterocycles. The first kappa shape index (κ1) is 23.2. The second kappa shape index (κ2) is 10.5. The maximum absolute atomic E-state index is 13.2. The van der Waals surface area contributed by atoms with Gasteiger partial charge in [0.15, 0.2) is 6.29 Å². The summed E-state index contributed by atoms with van der Waals surface area (Å²) in [6.45, 7) is 0. The summed E-state index contributed by atoms with van der Waals surface area (Å²) in [6, 6.07) is 4.81. The number of anilines is 1. The van der Waals surface area contributed by atoms with Crippen LogP contribution in [0.2, 0.25) is 0 Å². The predicted molar refractivity (Wildman–Crippen MR) is 108 cm³/mol. The monoisotopic (exact) mass is 519 g/mol. The normalized spacial score (nSPS) is 9.57. The number of primary amides is 2. The van der Waals surface area contributed by atoms with E-state index in [9.17, 15) is 18.4 Å². The Balaban J connectivity index is 0.000000239. The van der Waals surface area contributed by atoms with Gasteiger partial charge in [-0.25, -0.2) is 23.4 Å². The number of nitrogen functional groups attached to an aromatic ring is 1. The highest BCUT2D eigenvalue weighted by molar-refractivity contribution is 9.10. The third-order valence-corrected chi connectivity index (χ3v) is 3.81. The number of hydrogen-bond donors (Lipinski definition) is 4. The van der Waals surface area contributed by atoms with Gasteiger partial charge in [-0.2, -0.15) is 0 Å². The first-order valence-corrected chi connectivity index (χ1v) is 8.72. The van der Waals surface area contributed by atoms with E-state index in [1.807, 2.05) is 0 Å². The Kier molecular flexibility index (Phi) is 8.67. The molecule has 148 valence electrons. The molecule has 8 nitrogen and oxygen atoms in total. The van der Waals surface area contributed by atoms with Gasteiger partial charge in [0.25, 0.3) is 0 Å². The predicted octanol–water partition coefficient (Wildman–Crippen LogP) is 2.83. The standard InChI is InChI=1S/C8H4BrFN2O.C7H5BrFNO.CH4N2O/c9-5-1-4-3-11-8(13)12-7(4)6(10)2-5;8-5-1-4(3-11)7(10)6(9)2-5;2-1(3)4/h1-3H,(H,11,12,13);1-3H,10H2;(H4,2,3,4). The Morgan fingerprint density at radius 1 is 1.07 bits per heavy atom. The highest BCUT2D eigenvalue weighted by atomic mass is 79.9. The lowest BCUT2D eigenvalue weighted by Gasteiger charge is -1.99. The van der Waals surface area contributed by atoms with Gasteiger partial charge in [0.2, 0.25) is 0 Å². The van der Waals surface area contributed by atoms with Gasteiger partial charge in [-0.05, 0) is 24.3 Å². The zero-order valence-electron chi connectivity index (χ0n) is 13.9. The minimum absolute atomic E-state index is 0.108. The number of halogens is 4. The molecule has 3 rings (SSSR count). The van der Waals surface area contributed by atoms with Gasteiger partial charge in [-0.1, -0.05) is 31.9 Å². The number of aromatic nitrogens is 2. The number of fused-ring (bicyclic) bond motifs is 1. The lowest BCUT2D eigenvalue weighted by Crippen LogP contribution is -2.18. The van der Waals surface area contributed by atoms with Crippen LogP contribution in [-0.4, -0.2) is 22.3 Å². The number of urea groups is 1. The van der Waals surface area contributed by atoms with E-state index in [-0.39, 0.29) is 16.8 Å². The summed E-state index contributed by atoms with van der Waals surface area (Å²) in [6.07, 6.45) is 1.85. The van der Waals surface area contributed by atoms with E-state index in [0.717, 1.165) is 0 Å². The molecule has 1 aromatic heterocycles. The zero-order valence-corrected chi connectivity index (χ0v) is 17.1. The molecule has 2 amide bonds. The van der Waals surface area contributed by atoms with Gasteiger partial charge in [0.1, 0.15) is 11.6 Å². The third kappa shape index (κ3) is 7.04. The first-order chi connectivity index (χ1) is 13.0. The zero-order chi connectivity index (χ0) is 21.4. The second-order valence-corrected chi connectivity index (χ2v) is 6.78. The van der Waals surface area contributed by atoms with Crippen LogP contribution in [0.15, 0.2) is 44.2 Å². The third-order valence-electron chi connectivity index (χ3n) is 2.89. The molecule has 7 N–H and O–H groups in total. The summed E-state index contributed by atoms with van der Waals surface area (Å²) in [4.78, 5) is 35.9. The minimum Gasteiger partial charge on any atom is -0.396 e. The molecule has 0 saturated carbocycles. The number of hydrogen-bond acceptors (Lipinski definition) is 5. The van der Waals surface area contributed by atoms with Crippen molar-refractivity contribution in [3.63, 3.8) is 0 Å². The van der Waals surface area contributed by atoms with Crippen molar-refractivity contribution in [3.05, 3.63) is 67.1 Å². The molecule has 0 aliphatic carbocycles. The number of amides is 2. The van der Waals surface area contributed by atoms with Crippen LogP contribution in [0.1, 0.15) is 10.4 Å². The SMILES string of the molecule is NC(N)=O.Nc1c(F)cc(Br)cc1C=O.O=c1ncc2cc(Br)cc(F)c2[nH]1. The van der Waals surface area contributed by atoms with Crippen LogP contribution in [0.3, 0.4) is 0 Å². The average molecular weight is 521 g/mol. The quantitative estimate of drug-likeness (QED) is 0.286. The summed E-state index contributed by atoms with van der Waals surface area (Å²) in [5.74, 6) is -1.05. The van der Waals surface area contributed by atoms with Gasteiger partial charge in [0, 0.05) is 26.1 Å². The lowest BCUT2D eigenvalue weighted by molar-refractivity contribution is 0.112. The number of H-pyrrole nitrogens is 1.